The molecule has 0 unspecified atom stereocenters. The average molecular weight is 521 g/mol. The molecule has 4 rings (SSSR count). The SMILES string of the molecule is CC(C)(C)C(=O)n1nc(C2CCN(S(=O)(=O)c3ccccc3)CC2)cc1NCc1ccc(Cl)s1. The van der Waals surface area contributed by atoms with Gasteiger partial charge in [-0.1, -0.05) is 50.6 Å². The van der Waals surface area contributed by atoms with Gasteiger partial charge in [-0.15, -0.1) is 11.3 Å². The van der Waals surface area contributed by atoms with Crippen LogP contribution in [0, 0.1) is 5.41 Å². The second-order valence-electron chi connectivity index (χ2n) is 9.47. The molecule has 34 heavy (non-hydrogen) atoms. The lowest BCUT2D eigenvalue weighted by molar-refractivity contribution is 0.0751. The van der Waals surface area contributed by atoms with Gasteiger partial charge in [0.2, 0.25) is 10.0 Å². The number of nitrogens with one attached hydrogen (secondary N) is 1. The van der Waals surface area contributed by atoms with Crippen LogP contribution < -0.4 is 5.32 Å². The Hall–Kier alpha value is -2.20. The number of carbonyl (C=O) groups excluding carboxylic acids is 1. The van der Waals surface area contributed by atoms with Crippen LogP contribution in [0.15, 0.2) is 53.4 Å². The average Bonchev–Trinajstić information content (AvgIpc) is 3.43. The molecule has 1 aliphatic rings. The van der Waals surface area contributed by atoms with E-state index in [-0.39, 0.29) is 11.8 Å². The molecule has 0 aliphatic carbocycles. The Bertz CT molecular complexity index is 1250. The summed E-state index contributed by atoms with van der Waals surface area (Å²) in [5.74, 6) is 0.612. The maximum absolute atomic E-state index is 13.1. The van der Waals surface area contributed by atoms with Crippen LogP contribution in [-0.2, 0) is 16.6 Å². The third kappa shape index (κ3) is 5.38. The first-order chi connectivity index (χ1) is 16.1. The summed E-state index contributed by atoms with van der Waals surface area (Å²) in [6, 6.07) is 14.2. The fourth-order valence-corrected chi connectivity index (χ4v) is 6.47. The van der Waals surface area contributed by atoms with Crippen LogP contribution in [0.5, 0.6) is 0 Å². The largest absolute Gasteiger partial charge is 0.365 e. The van der Waals surface area contributed by atoms with E-state index in [0.717, 1.165) is 10.6 Å². The molecule has 3 heterocycles. The van der Waals surface area contributed by atoms with Gasteiger partial charge in [-0.05, 0) is 37.1 Å². The van der Waals surface area contributed by atoms with Gasteiger partial charge in [-0.25, -0.2) is 8.42 Å². The molecule has 3 aromatic rings. The predicted molar refractivity (Wildman–Crippen MR) is 136 cm³/mol. The first-order valence-corrected chi connectivity index (χ1v) is 13.9. The first-order valence-electron chi connectivity index (χ1n) is 11.2. The maximum atomic E-state index is 13.1. The van der Waals surface area contributed by atoms with Crippen LogP contribution in [0.3, 0.4) is 0 Å². The highest BCUT2D eigenvalue weighted by atomic mass is 35.5. The van der Waals surface area contributed by atoms with Crippen LogP contribution in [-0.4, -0.2) is 41.5 Å². The Kier molecular flexibility index (Phi) is 7.19. The van der Waals surface area contributed by atoms with Gasteiger partial charge in [0.1, 0.15) is 5.82 Å². The number of aromatic nitrogens is 2. The first kappa shape index (κ1) is 24.9. The quantitative estimate of drug-likeness (QED) is 0.466. The lowest BCUT2D eigenvalue weighted by Crippen LogP contribution is -2.38. The second-order valence-corrected chi connectivity index (χ2v) is 13.2. The Morgan fingerprint density at radius 3 is 2.41 bits per heavy atom. The van der Waals surface area contributed by atoms with Crippen molar-refractivity contribution >= 4 is 44.7 Å². The van der Waals surface area contributed by atoms with Gasteiger partial charge in [0, 0.05) is 35.4 Å². The number of carbonyl (C=O) groups is 1. The molecule has 1 fully saturated rings. The molecule has 7 nitrogen and oxygen atoms in total. The van der Waals surface area contributed by atoms with E-state index in [1.807, 2.05) is 39.0 Å². The molecule has 1 saturated heterocycles. The minimum Gasteiger partial charge on any atom is -0.365 e. The van der Waals surface area contributed by atoms with Crippen molar-refractivity contribution in [3.63, 3.8) is 0 Å². The number of nitrogens with zero attached hydrogens (tertiary/aromatic N) is 3. The van der Waals surface area contributed by atoms with Gasteiger partial charge in [0.15, 0.2) is 0 Å². The summed E-state index contributed by atoms with van der Waals surface area (Å²) in [5.41, 5.74) is 0.208. The van der Waals surface area contributed by atoms with Crippen molar-refractivity contribution in [1.82, 2.24) is 14.1 Å². The summed E-state index contributed by atoms with van der Waals surface area (Å²) in [7, 11) is -3.51. The molecule has 0 bridgehead atoms. The monoisotopic (exact) mass is 520 g/mol. The highest BCUT2D eigenvalue weighted by Gasteiger charge is 2.33. The van der Waals surface area contributed by atoms with E-state index in [0.29, 0.717) is 47.5 Å². The van der Waals surface area contributed by atoms with Crippen molar-refractivity contribution in [2.24, 2.45) is 5.41 Å². The minimum atomic E-state index is -3.51. The van der Waals surface area contributed by atoms with E-state index in [2.05, 4.69) is 10.4 Å². The number of rotatable bonds is 6. The van der Waals surface area contributed by atoms with Crippen LogP contribution in [0.25, 0.3) is 0 Å². The second kappa shape index (κ2) is 9.81. The van der Waals surface area contributed by atoms with Gasteiger partial charge in [-0.2, -0.15) is 14.1 Å². The fourth-order valence-electron chi connectivity index (χ4n) is 3.96. The number of sulfonamides is 1. The zero-order valence-corrected chi connectivity index (χ0v) is 21.9. The van der Waals surface area contributed by atoms with Crippen molar-refractivity contribution in [3.05, 3.63) is 63.4 Å². The molecule has 0 radical (unpaired) electrons. The summed E-state index contributed by atoms with van der Waals surface area (Å²) < 4.78 is 29.6. The highest BCUT2D eigenvalue weighted by Crippen LogP contribution is 2.33. The third-order valence-corrected chi connectivity index (χ3v) is 9.03. The van der Waals surface area contributed by atoms with Crippen LogP contribution in [0.1, 0.15) is 54.9 Å². The van der Waals surface area contributed by atoms with Gasteiger partial charge in [0.25, 0.3) is 5.91 Å². The molecule has 182 valence electrons. The molecule has 1 aliphatic heterocycles. The summed E-state index contributed by atoms with van der Waals surface area (Å²) >= 11 is 7.53. The Labute approximate surface area is 209 Å². The summed E-state index contributed by atoms with van der Waals surface area (Å²) in [6.45, 7) is 6.97. The molecule has 0 atom stereocenters. The van der Waals surface area contributed by atoms with Crippen LogP contribution in [0.4, 0.5) is 5.82 Å². The predicted octanol–water partition coefficient (Wildman–Crippen LogP) is 5.46. The van der Waals surface area contributed by atoms with Gasteiger partial charge in [0.05, 0.1) is 21.5 Å². The van der Waals surface area contributed by atoms with Crippen molar-refractivity contribution in [1.29, 1.82) is 0 Å². The minimum absolute atomic E-state index is 0.0768. The highest BCUT2D eigenvalue weighted by molar-refractivity contribution is 7.89. The Morgan fingerprint density at radius 1 is 1.15 bits per heavy atom. The number of benzene rings is 1. The molecule has 2 aromatic heterocycles. The molecule has 0 spiro atoms. The van der Waals surface area contributed by atoms with E-state index in [1.54, 1.807) is 30.3 Å². The van der Waals surface area contributed by atoms with Gasteiger partial charge >= 0.3 is 0 Å². The number of halogens is 1. The number of piperidine rings is 1. The molecule has 1 N–H and O–H groups in total. The smallest absolute Gasteiger partial charge is 0.254 e. The molecular formula is C24H29ClN4O3S2. The molecule has 10 heteroatoms. The number of anilines is 1. The van der Waals surface area contributed by atoms with Crippen molar-refractivity contribution in [2.45, 2.75) is 51.0 Å². The van der Waals surface area contributed by atoms with Crippen LogP contribution in [0.2, 0.25) is 4.34 Å². The zero-order valence-electron chi connectivity index (χ0n) is 19.5. The Morgan fingerprint density at radius 2 is 1.82 bits per heavy atom. The van der Waals surface area contributed by atoms with Crippen molar-refractivity contribution in [2.75, 3.05) is 18.4 Å². The summed E-state index contributed by atoms with van der Waals surface area (Å²) in [5, 5.41) is 8.01. The van der Waals surface area contributed by atoms with E-state index >= 15 is 0 Å². The van der Waals surface area contributed by atoms with Gasteiger partial charge < -0.3 is 5.32 Å². The summed E-state index contributed by atoms with van der Waals surface area (Å²) in [6.07, 6.45) is 1.29. The fraction of sp³-hybridized carbons (Fsp3) is 0.417. The molecule has 1 aromatic carbocycles. The lowest BCUT2D eigenvalue weighted by atomic mass is 9.95. The van der Waals surface area contributed by atoms with E-state index in [9.17, 15) is 13.2 Å². The number of hydrogen-bond acceptors (Lipinski definition) is 6. The normalized spacial score (nSPS) is 16.0. The van der Waals surface area contributed by atoms with Crippen molar-refractivity contribution in [3.8, 4) is 0 Å². The molecular weight excluding hydrogens is 492 g/mol. The van der Waals surface area contributed by atoms with Gasteiger partial charge in [-0.3, -0.25) is 4.79 Å². The lowest BCUT2D eigenvalue weighted by Gasteiger charge is -2.30. The standard InChI is InChI=1S/C24H29ClN4O3S2/c1-24(2,3)23(30)29-22(26-16-18-9-10-21(25)33-18)15-20(27-29)17-11-13-28(14-12-17)34(31,32)19-7-5-4-6-8-19/h4-10,15,17,26H,11-14,16H2,1-3H3. The zero-order chi connectivity index (χ0) is 24.5. The van der Waals surface area contributed by atoms with Crippen LogP contribution >= 0.6 is 22.9 Å². The number of thiophene rings is 1. The molecule has 0 saturated carbocycles. The Balaban J connectivity index is 1.51. The topological polar surface area (TPSA) is 84.3 Å². The van der Waals surface area contributed by atoms with E-state index in [1.165, 1.54) is 20.3 Å². The van der Waals surface area contributed by atoms with E-state index < -0.39 is 15.4 Å². The molecule has 0 amide bonds. The maximum Gasteiger partial charge on any atom is 0.254 e. The third-order valence-electron chi connectivity index (χ3n) is 5.89. The van der Waals surface area contributed by atoms with E-state index in [4.69, 9.17) is 11.6 Å². The van der Waals surface area contributed by atoms with Crippen molar-refractivity contribution < 1.29 is 13.2 Å². The number of hydrogen-bond donors (Lipinski definition) is 1. The summed E-state index contributed by atoms with van der Waals surface area (Å²) in [4.78, 5) is 14.5.